The molecule has 0 radical (unpaired) electrons. The van der Waals surface area contributed by atoms with E-state index in [1.807, 2.05) is 60.8 Å². The quantitative estimate of drug-likeness (QED) is 0.535. The SMILES string of the molecule is O=S(=O)(c1ccc2ccccc2c1)N1CCn2cccc2C1c1ccncc1. The van der Waals surface area contributed by atoms with Crippen molar-refractivity contribution < 1.29 is 8.42 Å². The van der Waals surface area contributed by atoms with Gasteiger partial charge in [-0.05, 0) is 52.7 Å². The molecule has 1 atom stereocenters. The topological polar surface area (TPSA) is 55.2 Å². The van der Waals surface area contributed by atoms with Gasteiger partial charge in [0.1, 0.15) is 0 Å². The first-order valence-electron chi connectivity index (χ1n) is 9.20. The first-order valence-corrected chi connectivity index (χ1v) is 10.6. The van der Waals surface area contributed by atoms with Crippen molar-refractivity contribution in [2.75, 3.05) is 6.54 Å². The third-order valence-electron chi connectivity index (χ3n) is 5.34. The van der Waals surface area contributed by atoms with Crippen LogP contribution < -0.4 is 0 Å². The van der Waals surface area contributed by atoms with Gasteiger partial charge in [-0.1, -0.05) is 30.3 Å². The standard InChI is InChI=1S/C22H19N3O2S/c26-28(27,20-8-7-17-4-1-2-5-19(17)16-20)25-15-14-24-13-3-6-21(24)22(25)18-9-11-23-12-10-18/h1-13,16,22H,14-15H2. The monoisotopic (exact) mass is 389 g/mol. The van der Waals surface area contributed by atoms with Crippen molar-refractivity contribution in [1.82, 2.24) is 13.9 Å². The summed E-state index contributed by atoms with van der Waals surface area (Å²) in [6.45, 7) is 1.06. The molecule has 5 nitrogen and oxygen atoms in total. The number of hydrogen-bond donors (Lipinski definition) is 0. The van der Waals surface area contributed by atoms with Crippen LogP contribution in [0.5, 0.6) is 0 Å². The smallest absolute Gasteiger partial charge is 0.244 e. The maximum Gasteiger partial charge on any atom is 0.244 e. The third kappa shape index (κ3) is 2.73. The van der Waals surface area contributed by atoms with Crippen molar-refractivity contribution in [2.24, 2.45) is 0 Å². The molecule has 1 aliphatic rings. The molecule has 5 rings (SSSR count). The highest BCUT2D eigenvalue weighted by atomic mass is 32.2. The largest absolute Gasteiger partial charge is 0.348 e. The van der Waals surface area contributed by atoms with Gasteiger partial charge in [0.05, 0.1) is 10.9 Å². The summed E-state index contributed by atoms with van der Waals surface area (Å²) in [6, 6.07) is 20.5. The van der Waals surface area contributed by atoms with Crippen LogP contribution in [0.2, 0.25) is 0 Å². The lowest BCUT2D eigenvalue weighted by molar-refractivity contribution is 0.298. The molecule has 1 aliphatic heterocycles. The fourth-order valence-electron chi connectivity index (χ4n) is 3.97. The Labute approximate surface area is 163 Å². The molecule has 1 unspecified atom stereocenters. The van der Waals surface area contributed by atoms with Crippen LogP contribution in [0.1, 0.15) is 17.3 Å². The second kappa shape index (κ2) is 6.58. The lowest BCUT2D eigenvalue weighted by Crippen LogP contribution is -2.42. The molecule has 0 saturated heterocycles. The molecule has 2 aromatic carbocycles. The van der Waals surface area contributed by atoms with Gasteiger partial charge in [0.2, 0.25) is 10.0 Å². The second-order valence-electron chi connectivity index (χ2n) is 6.93. The Bertz CT molecular complexity index is 1250. The maximum absolute atomic E-state index is 13.6. The Balaban J connectivity index is 1.65. The molecule has 28 heavy (non-hydrogen) atoms. The van der Waals surface area contributed by atoms with Crippen LogP contribution >= 0.6 is 0 Å². The van der Waals surface area contributed by atoms with Gasteiger partial charge in [-0.25, -0.2) is 8.42 Å². The molecule has 6 heteroatoms. The van der Waals surface area contributed by atoms with Gasteiger partial charge >= 0.3 is 0 Å². The zero-order valence-electron chi connectivity index (χ0n) is 15.1. The first kappa shape index (κ1) is 17.2. The Morgan fingerprint density at radius 1 is 0.857 bits per heavy atom. The van der Waals surface area contributed by atoms with E-state index in [2.05, 4.69) is 9.55 Å². The molecule has 0 amide bonds. The number of rotatable bonds is 3. The minimum Gasteiger partial charge on any atom is -0.348 e. The number of pyridine rings is 1. The number of sulfonamides is 1. The number of benzene rings is 2. The van der Waals surface area contributed by atoms with E-state index in [0.717, 1.165) is 22.0 Å². The van der Waals surface area contributed by atoms with Crippen LogP contribution in [-0.2, 0) is 16.6 Å². The highest BCUT2D eigenvalue weighted by Gasteiger charge is 2.37. The van der Waals surface area contributed by atoms with Crippen molar-refractivity contribution in [1.29, 1.82) is 0 Å². The molecule has 0 bridgehead atoms. The first-order chi connectivity index (χ1) is 13.6. The minimum atomic E-state index is -3.67. The van der Waals surface area contributed by atoms with Gasteiger partial charge in [-0.3, -0.25) is 4.98 Å². The zero-order valence-corrected chi connectivity index (χ0v) is 16.0. The molecule has 0 saturated carbocycles. The van der Waals surface area contributed by atoms with Crippen molar-refractivity contribution in [2.45, 2.75) is 17.5 Å². The summed E-state index contributed by atoms with van der Waals surface area (Å²) in [5.41, 5.74) is 1.89. The van der Waals surface area contributed by atoms with Crippen molar-refractivity contribution in [3.05, 3.63) is 96.6 Å². The van der Waals surface area contributed by atoms with E-state index in [9.17, 15) is 8.42 Å². The van der Waals surface area contributed by atoms with E-state index in [0.29, 0.717) is 18.0 Å². The van der Waals surface area contributed by atoms with E-state index in [1.54, 1.807) is 28.8 Å². The molecule has 2 aromatic heterocycles. The van der Waals surface area contributed by atoms with Gasteiger partial charge in [-0.15, -0.1) is 0 Å². The van der Waals surface area contributed by atoms with E-state index in [-0.39, 0.29) is 6.04 Å². The molecule has 0 fully saturated rings. The molecule has 0 aliphatic carbocycles. The summed E-state index contributed by atoms with van der Waals surface area (Å²) in [6.07, 6.45) is 5.42. The van der Waals surface area contributed by atoms with Crippen LogP contribution in [0.3, 0.4) is 0 Å². The maximum atomic E-state index is 13.6. The predicted octanol–water partition coefficient (Wildman–Crippen LogP) is 3.83. The Morgan fingerprint density at radius 3 is 2.46 bits per heavy atom. The molecular formula is C22H19N3O2S. The van der Waals surface area contributed by atoms with Crippen molar-refractivity contribution in [3.8, 4) is 0 Å². The third-order valence-corrected chi connectivity index (χ3v) is 7.20. The Morgan fingerprint density at radius 2 is 1.64 bits per heavy atom. The van der Waals surface area contributed by atoms with Gasteiger partial charge < -0.3 is 4.57 Å². The van der Waals surface area contributed by atoms with Crippen LogP contribution in [-0.4, -0.2) is 28.8 Å². The summed E-state index contributed by atoms with van der Waals surface area (Å²) in [5, 5.41) is 1.95. The normalized spacial score (nSPS) is 17.5. The minimum absolute atomic E-state index is 0.324. The van der Waals surface area contributed by atoms with Crippen LogP contribution in [0, 0.1) is 0 Å². The van der Waals surface area contributed by atoms with Gasteiger partial charge in [0, 0.05) is 37.4 Å². The zero-order chi connectivity index (χ0) is 19.1. The number of hydrogen-bond acceptors (Lipinski definition) is 3. The van der Waals surface area contributed by atoms with Crippen LogP contribution in [0.4, 0.5) is 0 Å². The second-order valence-corrected chi connectivity index (χ2v) is 8.82. The van der Waals surface area contributed by atoms with E-state index in [4.69, 9.17) is 0 Å². The Hall–Kier alpha value is -2.96. The van der Waals surface area contributed by atoms with Crippen LogP contribution in [0.15, 0.2) is 90.2 Å². The Kier molecular flexibility index (Phi) is 4.03. The number of fused-ring (bicyclic) bond motifs is 2. The summed E-state index contributed by atoms with van der Waals surface area (Å²) < 4.78 is 31.0. The van der Waals surface area contributed by atoms with Crippen LogP contribution in [0.25, 0.3) is 10.8 Å². The molecule has 3 heterocycles. The average Bonchev–Trinajstić information content (AvgIpc) is 3.22. The number of nitrogens with zero attached hydrogens (tertiary/aromatic N) is 3. The van der Waals surface area contributed by atoms with E-state index >= 15 is 0 Å². The van der Waals surface area contributed by atoms with E-state index in [1.165, 1.54) is 0 Å². The fourth-order valence-corrected chi connectivity index (χ4v) is 5.58. The van der Waals surface area contributed by atoms with Gasteiger partial charge in [0.25, 0.3) is 0 Å². The highest BCUT2D eigenvalue weighted by Crippen LogP contribution is 2.36. The highest BCUT2D eigenvalue weighted by molar-refractivity contribution is 7.89. The van der Waals surface area contributed by atoms with Crippen molar-refractivity contribution in [3.63, 3.8) is 0 Å². The lowest BCUT2D eigenvalue weighted by atomic mass is 10.0. The summed E-state index contributed by atoms with van der Waals surface area (Å²) >= 11 is 0. The summed E-state index contributed by atoms with van der Waals surface area (Å²) in [7, 11) is -3.67. The molecule has 4 aromatic rings. The summed E-state index contributed by atoms with van der Waals surface area (Å²) in [4.78, 5) is 4.41. The molecule has 0 N–H and O–H groups in total. The van der Waals surface area contributed by atoms with Crippen molar-refractivity contribution >= 4 is 20.8 Å². The average molecular weight is 389 g/mol. The van der Waals surface area contributed by atoms with E-state index < -0.39 is 10.0 Å². The molecular weight excluding hydrogens is 370 g/mol. The van der Waals surface area contributed by atoms with Gasteiger partial charge in [-0.2, -0.15) is 4.31 Å². The van der Waals surface area contributed by atoms with Gasteiger partial charge in [0.15, 0.2) is 0 Å². The predicted molar refractivity (Wildman–Crippen MR) is 108 cm³/mol. The fraction of sp³-hybridized carbons (Fsp3) is 0.136. The summed E-state index contributed by atoms with van der Waals surface area (Å²) in [5.74, 6) is 0. The lowest BCUT2D eigenvalue weighted by Gasteiger charge is -2.36. The molecule has 140 valence electrons. The molecule has 0 spiro atoms. The number of aromatic nitrogens is 2.